The van der Waals surface area contributed by atoms with Gasteiger partial charge in [-0.25, -0.2) is 0 Å². The van der Waals surface area contributed by atoms with Gasteiger partial charge in [-0.1, -0.05) is 6.07 Å². The number of nitrogens with zero attached hydrogens (tertiary/aromatic N) is 2. The number of aliphatic hydroxyl groups is 1. The van der Waals surface area contributed by atoms with Crippen molar-refractivity contribution < 1.29 is 9.84 Å². The largest absolute Gasteiger partial charge is 0.497 e. The molecule has 0 aliphatic carbocycles. The Balaban J connectivity index is 1.37. The van der Waals surface area contributed by atoms with Crippen molar-refractivity contribution in [3.63, 3.8) is 0 Å². The number of piperidine rings is 1. The maximum Gasteiger partial charge on any atom is 0.250 e. The Kier molecular flexibility index (Phi) is 4.25. The van der Waals surface area contributed by atoms with Crippen LogP contribution >= 0.6 is 0 Å². The monoisotopic (exact) mass is 379 g/mol. The summed E-state index contributed by atoms with van der Waals surface area (Å²) < 4.78 is 7.28. The highest BCUT2D eigenvalue weighted by Gasteiger charge is 2.35. The molecule has 2 bridgehead atoms. The highest BCUT2D eigenvalue weighted by Crippen LogP contribution is 2.36. The van der Waals surface area contributed by atoms with Crippen LogP contribution < -0.4 is 10.3 Å². The Morgan fingerprint density at radius 3 is 3.00 bits per heavy atom. The molecule has 0 radical (unpaired) electrons. The number of rotatable bonds is 4. The molecule has 1 saturated heterocycles. The van der Waals surface area contributed by atoms with Gasteiger partial charge in [-0.15, -0.1) is 0 Å². The minimum absolute atomic E-state index is 0.105. The number of ether oxygens (including phenoxy) is 1. The number of methoxy groups -OCH3 is 1. The second kappa shape index (κ2) is 6.79. The van der Waals surface area contributed by atoms with E-state index in [0.717, 1.165) is 54.0 Å². The fraction of sp³-hybridized carbons (Fsp3) is 0.409. The number of H-pyrrole nitrogens is 1. The number of β-amino-alcohol motifs (C(OH)–C–C–N with tert-alkyl or cyclic N) is 1. The van der Waals surface area contributed by atoms with Crippen molar-refractivity contribution >= 4 is 10.9 Å². The molecule has 2 N–H and O–H groups in total. The quantitative estimate of drug-likeness (QED) is 0.731. The van der Waals surface area contributed by atoms with Crippen LogP contribution in [0.15, 0.2) is 47.4 Å². The van der Waals surface area contributed by atoms with Crippen LogP contribution in [0.25, 0.3) is 10.9 Å². The Morgan fingerprint density at radius 2 is 2.14 bits per heavy atom. The fourth-order valence-corrected chi connectivity index (χ4v) is 5.01. The molecule has 2 aliphatic rings. The standard InChI is InChI=1S/C22H25N3O3/c1-28-16-5-6-19-17(8-16)18(9-23-19)21(26)13-24-10-14-7-15(12-24)20-3-2-4-22(27)25(20)11-14/h2-6,8-9,14-15,21,23,26H,7,10-13H2,1H3/t14-,15+,21+/m1/s1. The summed E-state index contributed by atoms with van der Waals surface area (Å²) >= 11 is 0. The van der Waals surface area contributed by atoms with E-state index in [2.05, 4.69) is 16.0 Å². The molecule has 2 aliphatic heterocycles. The predicted octanol–water partition coefficient (Wildman–Crippen LogP) is 2.49. The Morgan fingerprint density at radius 1 is 1.25 bits per heavy atom. The molecule has 146 valence electrons. The number of benzene rings is 1. The molecule has 1 aromatic carbocycles. The summed E-state index contributed by atoms with van der Waals surface area (Å²) in [6, 6.07) is 11.5. The zero-order chi connectivity index (χ0) is 19.3. The van der Waals surface area contributed by atoms with Crippen molar-refractivity contribution in [2.75, 3.05) is 26.7 Å². The molecule has 0 unspecified atom stereocenters. The molecule has 3 atom stereocenters. The van der Waals surface area contributed by atoms with Crippen molar-refractivity contribution in [3.05, 3.63) is 64.2 Å². The molecule has 6 nitrogen and oxygen atoms in total. The van der Waals surface area contributed by atoms with Gasteiger partial charge in [-0.3, -0.25) is 9.69 Å². The number of aromatic nitrogens is 2. The second-order valence-corrected chi connectivity index (χ2v) is 8.09. The number of fused-ring (bicyclic) bond motifs is 5. The maximum absolute atomic E-state index is 12.2. The molecule has 1 fully saturated rings. The minimum atomic E-state index is -0.572. The number of pyridine rings is 1. The van der Waals surface area contributed by atoms with Gasteiger partial charge in [-0.05, 0) is 36.6 Å². The third-order valence-corrected chi connectivity index (χ3v) is 6.27. The number of aliphatic hydroxyl groups excluding tert-OH is 1. The topological polar surface area (TPSA) is 70.5 Å². The summed E-state index contributed by atoms with van der Waals surface area (Å²) in [6.07, 6.45) is 2.45. The smallest absolute Gasteiger partial charge is 0.250 e. The second-order valence-electron chi connectivity index (χ2n) is 8.09. The molecule has 0 amide bonds. The van der Waals surface area contributed by atoms with E-state index in [9.17, 15) is 9.90 Å². The highest BCUT2D eigenvalue weighted by atomic mass is 16.5. The van der Waals surface area contributed by atoms with Crippen molar-refractivity contribution in [1.29, 1.82) is 0 Å². The van der Waals surface area contributed by atoms with Gasteiger partial charge >= 0.3 is 0 Å². The molecule has 0 saturated carbocycles. The summed E-state index contributed by atoms with van der Waals surface area (Å²) in [5.41, 5.74) is 3.15. The van der Waals surface area contributed by atoms with E-state index >= 15 is 0 Å². The lowest BCUT2D eigenvalue weighted by atomic mass is 9.83. The van der Waals surface area contributed by atoms with Crippen molar-refractivity contribution in [3.8, 4) is 5.75 Å². The third-order valence-electron chi connectivity index (χ3n) is 6.27. The minimum Gasteiger partial charge on any atom is -0.497 e. The predicted molar refractivity (Wildman–Crippen MR) is 108 cm³/mol. The van der Waals surface area contributed by atoms with Gasteiger partial charge in [0, 0.05) is 66.5 Å². The third kappa shape index (κ3) is 2.93. The molecule has 4 heterocycles. The molecule has 28 heavy (non-hydrogen) atoms. The van der Waals surface area contributed by atoms with Gasteiger partial charge in [0.2, 0.25) is 0 Å². The first-order valence-electron chi connectivity index (χ1n) is 9.87. The van der Waals surface area contributed by atoms with Gasteiger partial charge in [-0.2, -0.15) is 0 Å². The zero-order valence-corrected chi connectivity index (χ0v) is 16.0. The summed E-state index contributed by atoms with van der Waals surface area (Å²) in [6.45, 7) is 3.17. The number of hydrogen-bond donors (Lipinski definition) is 2. The average Bonchev–Trinajstić information content (AvgIpc) is 3.12. The van der Waals surface area contributed by atoms with Crippen LogP contribution in [-0.4, -0.2) is 46.3 Å². The van der Waals surface area contributed by atoms with Gasteiger partial charge < -0.3 is 19.4 Å². The van der Waals surface area contributed by atoms with E-state index in [1.54, 1.807) is 13.2 Å². The molecule has 5 rings (SSSR count). The maximum atomic E-state index is 12.2. The number of hydrogen-bond acceptors (Lipinski definition) is 4. The molecule has 6 heteroatoms. The fourth-order valence-electron chi connectivity index (χ4n) is 5.01. The SMILES string of the molecule is COc1ccc2[nH]cc([C@@H](O)CN3C[C@H]4C[C@@H](C3)c3cccc(=O)n3C4)c2c1. The lowest BCUT2D eigenvalue weighted by molar-refractivity contribution is 0.0627. The van der Waals surface area contributed by atoms with E-state index in [0.29, 0.717) is 18.4 Å². The van der Waals surface area contributed by atoms with Crippen LogP contribution in [0.4, 0.5) is 0 Å². The van der Waals surface area contributed by atoms with Gasteiger partial charge in [0.05, 0.1) is 13.2 Å². The molecular weight excluding hydrogens is 354 g/mol. The summed E-state index contributed by atoms with van der Waals surface area (Å²) in [5.74, 6) is 1.60. The van der Waals surface area contributed by atoms with Crippen molar-refractivity contribution in [2.45, 2.75) is 25.0 Å². The Hall–Kier alpha value is -2.57. The molecule has 0 spiro atoms. The van der Waals surface area contributed by atoms with Crippen LogP contribution in [0.1, 0.15) is 29.7 Å². The number of likely N-dealkylation sites (tertiary alicyclic amines) is 1. The van der Waals surface area contributed by atoms with E-state index in [1.165, 1.54) is 0 Å². The van der Waals surface area contributed by atoms with Gasteiger partial charge in [0.15, 0.2) is 0 Å². The van der Waals surface area contributed by atoms with E-state index in [1.807, 2.05) is 35.0 Å². The van der Waals surface area contributed by atoms with E-state index in [4.69, 9.17) is 4.74 Å². The molecule has 3 aromatic rings. The van der Waals surface area contributed by atoms with Gasteiger partial charge in [0.25, 0.3) is 5.56 Å². The van der Waals surface area contributed by atoms with Gasteiger partial charge in [0.1, 0.15) is 5.75 Å². The Labute approximate surface area is 163 Å². The zero-order valence-electron chi connectivity index (χ0n) is 16.0. The van der Waals surface area contributed by atoms with Crippen molar-refractivity contribution in [1.82, 2.24) is 14.5 Å². The van der Waals surface area contributed by atoms with Crippen LogP contribution in [0.5, 0.6) is 5.75 Å². The highest BCUT2D eigenvalue weighted by molar-refractivity contribution is 5.85. The lowest BCUT2D eigenvalue weighted by Gasteiger charge is -2.43. The average molecular weight is 379 g/mol. The van der Waals surface area contributed by atoms with Crippen LogP contribution in [0.3, 0.4) is 0 Å². The molecule has 2 aromatic heterocycles. The normalized spacial score (nSPS) is 22.8. The van der Waals surface area contributed by atoms with E-state index in [-0.39, 0.29) is 5.56 Å². The lowest BCUT2D eigenvalue weighted by Crippen LogP contribution is -2.48. The molecular formula is C22H25N3O3. The summed E-state index contributed by atoms with van der Waals surface area (Å²) in [4.78, 5) is 17.8. The van der Waals surface area contributed by atoms with Crippen LogP contribution in [-0.2, 0) is 6.54 Å². The van der Waals surface area contributed by atoms with Crippen LogP contribution in [0, 0.1) is 5.92 Å². The summed E-state index contributed by atoms with van der Waals surface area (Å²) in [7, 11) is 1.65. The Bertz CT molecular complexity index is 1070. The first-order valence-corrected chi connectivity index (χ1v) is 9.87. The summed E-state index contributed by atoms with van der Waals surface area (Å²) in [5, 5.41) is 12.0. The first kappa shape index (κ1) is 17.5. The first-order chi connectivity index (χ1) is 13.6. The van der Waals surface area contributed by atoms with Crippen molar-refractivity contribution in [2.24, 2.45) is 5.92 Å². The number of nitrogens with one attached hydrogen (secondary N) is 1. The number of aromatic amines is 1. The van der Waals surface area contributed by atoms with Crippen LogP contribution in [0.2, 0.25) is 0 Å². The van der Waals surface area contributed by atoms with E-state index < -0.39 is 6.10 Å².